The smallest absolute Gasteiger partial charge is 0.227 e. The van der Waals surface area contributed by atoms with Crippen LogP contribution in [0.25, 0.3) is 0 Å². The summed E-state index contributed by atoms with van der Waals surface area (Å²) in [5, 5.41) is 3.01. The van der Waals surface area contributed by atoms with Gasteiger partial charge in [0.2, 0.25) is 5.91 Å². The molecule has 0 heterocycles. The van der Waals surface area contributed by atoms with Crippen molar-refractivity contribution in [3.05, 3.63) is 23.8 Å². The van der Waals surface area contributed by atoms with Gasteiger partial charge in [0, 0.05) is 5.92 Å². The summed E-state index contributed by atoms with van der Waals surface area (Å²) >= 11 is 0. The number of anilines is 2. The summed E-state index contributed by atoms with van der Waals surface area (Å²) in [5.74, 6) is 0.980. The molecule has 2 rings (SSSR count). The molecule has 0 saturated heterocycles. The van der Waals surface area contributed by atoms with Crippen LogP contribution in [0.5, 0.6) is 0 Å². The van der Waals surface area contributed by atoms with Crippen molar-refractivity contribution in [3.8, 4) is 0 Å². The first-order valence-corrected chi connectivity index (χ1v) is 7.94. The first-order chi connectivity index (χ1) is 9.77. The molecule has 0 aliphatic heterocycles. The second kappa shape index (κ2) is 6.08. The van der Waals surface area contributed by atoms with E-state index in [1.807, 2.05) is 25.1 Å². The quantitative estimate of drug-likeness (QED) is 0.794. The molecule has 1 aliphatic carbocycles. The van der Waals surface area contributed by atoms with Crippen molar-refractivity contribution in [3.63, 3.8) is 0 Å². The van der Waals surface area contributed by atoms with Gasteiger partial charge in [0.1, 0.15) is 0 Å². The predicted molar refractivity (Wildman–Crippen MR) is 89.1 cm³/mol. The Bertz CT molecular complexity index is 508. The van der Waals surface area contributed by atoms with Crippen molar-refractivity contribution in [1.82, 2.24) is 0 Å². The molecule has 3 nitrogen and oxygen atoms in total. The Morgan fingerprint density at radius 2 is 1.81 bits per heavy atom. The van der Waals surface area contributed by atoms with E-state index in [1.54, 1.807) is 0 Å². The summed E-state index contributed by atoms with van der Waals surface area (Å²) in [4.78, 5) is 12.4. The highest BCUT2D eigenvalue weighted by molar-refractivity contribution is 5.95. The Morgan fingerprint density at radius 3 is 2.38 bits per heavy atom. The Morgan fingerprint density at radius 1 is 1.19 bits per heavy atom. The maximum Gasteiger partial charge on any atom is 0.227 e. The zero-order valence-corrected chi connectivity index (χ0v) is 13.7. The number of nitrogens with two attached hydrogens (primary N) is 1. The second-order valence-corrected chi connectivity index (χ2v) is 7.49. The molecule has 0 spiro atoms. The second-order valence-electron chi connectivity index (χ2n) is 7.49. The van der Waals surface area contributed by atoms with E-state index in [2.05, 4.69) is 26.1 Å². The lowest BCUT2D eigenvalue weighted by Gasteiger charge is -2.36. The molecule has 116 valence electrons. The van der Waals surface area contributed by atoms with Crippen LogP contribution in [0.4, 0.5) is 11.4 Å². The van der Waals surface area contributed by atoms with Crippen molar-refractivity contribution in [1.29, 1.82) is 0 Å². The van der Waals surface area contributed by atoms with Crippen LogP contribution in [0.2, 0.25) is 0 Å². The molecule has 0 atom stereocenters. The van der Waals surface area contributed by atoms with E-state index in [1.165, 1.54) is 0 Å². The zero-order valence-electron chi connectivity index (χ0n) is 13.7. The molecule has 0 radical (unpaired) electrons. The molecule has 0 bridgehead atoms. The monoisotopic (exact) mass is 288 g/mol. The van der Waals surface area contributed by atoms with Crippen molar-refractivity contribution in [2.75, 3.05) is 11.1 Å². The molecule has 1 aromatic rings. The van der Waals surface area contributed by atoms with Gasteiger partial charge in [0.15, 0.2) is 0 Å². The fourth-order valence-corrected chi connectivity index (χ4v) is 3.23. The van der Waals surface area contributed by atoms with Crippen LogP contribution in [-0.2, 0) is 4.79 Å². The van der Waals surface area contributed by atoms with E-state index < -0.39 is 0 Å². The van der Waals surface area contributed by atoms with Crippen LogP contribution < -0.4 is 11.1 Å². The largest absolute Gasteiger partial charge is 0.397 e. The van der Waals surface area contributed by atoms with Crippen LogP contribution in [0, 0.1) is 24.2 Å². The number of carbonyl (C=O) groups is 1. The average molecular weight is 288 g/mol. The lowest BCUT2D eigenvalue weighted by molar-refractivity contribution is -0.121. The SMILES string of the molecule is Cc1ccc(N)c(NC(=O)C2CCC(C(C)(C)C)CC2)c1. The number of nitrogen functional groups attached to an aromatic ring is 1. The molecule has 3 N–H and O–H groups in total. The van der Waals surface area contributed by atoms with Gasteiger partial charge in [0.25, 0.3) is 0 Å². The number of amides is 1. The molecule has 0 unspecified atom stereocenters. The number of benzene rings is 1. The first-order valence-electron chi connectivity index (χ1n) is 7.94. The van der Waals surface area contributed by atoms with Crippen molar-refractivity contribution in [2.45, 2.75) is 53.4 Å². The summed E-state index contributed by atoms with van der Waals surface area (Å²) in [5.41, 5.74) is 8.77. The number of carbonyl (C=O) groups excluding carboxylic acids is 1. The van der Waals surface area contributed by atoms with Gasteiger partial charge in [-0.1, -0.05) is 26.8 Å². The highest BCUT2D eigenvalue weighted by Crippen LogP contribution is 2.40. The lowest BCUT2D eigenvalue weighted by Crippen LogP contribution is -2.31. The summed E-state index contributed by atoms with van der Waals surface area (Å²) in [7, 11) is 0. The number of rotatable bonds is 2. The minimum atomic E-state index is 0.125. The van der Waals surface area contributed by atoms with Gasteiger partial charge in [-0.3, -0.25) is 4.79 Å². The molecule has 1 aromatic carbocycles. The van der Waals surface area contributed by atoms with Crippen LogP contribution in [-0.4, -0.2) is 5.91 Å². The Balaban J connectivity index is 1.95. The minimum absolute atomic E-state index is 0.125. The van der Waals surface area contributed by atoms with Gasteiger partial charge in [-0.15, -0.1) is 0 Å². The predicted octanol–water partition coefficient (Wildman–Crippen LogP) is 4.37. The maximum atomic E-state index is 12.4. The highest BCUT2D eigenvalue weighted by Gasteiger charge is 2.32. The highest BCUT2D eigenvalue weighted by atomic mass is 16.1. The third kappa shape index (κ3) is 3.99. The Labute approximate surface area is 128 Å². The van der Waals surface area contributed by atoms with E-state index >= 15 is 0 Å². The number of hydrogen-bond acceptors (Lipinski definition) is 2. The standard InChI is InChI=1S/C18H28N2O/c1-12-5-10-15(19)16(11-12)20-17(21)13-6-8-14(9-7-13)18(2,3)4/h5,10-11,13-14H,6-9,19H2,1-4H3,(H,20,21). The van der Waals surface area contributed by atoms with Crippen molar-refractivity contribution in [2.24, 2.45) is 17.3 Å². The summed E-state index contributed by atoms with van der Waals surface area (Å²) in [6.45, 7) is 8.90. The Kier molecular flexibility index (Phi) is 4.60. The summed E-state index contributed by atoms with van der Waals surface area (Å²) in [6.07, 6.45) is 4.26. The maximum absolute atomic E-state index is 12.4. The number of hydrogen-bond donors (Lipinski definition) is 2. The summed E-state index contributed by atoms with van der Waals surface area (Å²) in [6, 6.07) is 5.75. The molecule has 1 fully saturated rings. The molecular weight excluding hydrogens is 260 g/mol. The molecule has 1 saturated carbocycles. The number of nitrogens with one attached hydrogen (secondary N) is 1. The van der Waals surface area contributed by atoms with Crippen LogP contribution in [0.15, 0.2) is 18.2 Å². The van der Waals surface area contributed by atoms with E-state index in [-0.39, 0.29) is 11.8 Å². The average Bonchev–Trinajstić information content (AvgIpc) is 2.42. The Hall–Kier alpha value is -1.51. The van der Waals surface area contributed by atoms with Crippen LogP contribution >= 0.6 is 0 Å². The topological polar surface area (TPSA) is 55.1 Å². The van der Waals surface area contributed by atoms with Gasteiger partial charge in [-0.05, 0) is 61.6 Å². The van der Waals surface area contributed by atoms with Crippen LogP contribution in [0.3, 0.4) is 0 Å². The molecule has 21 heavy (non-hydrogen) atoms. The minimum Gasteiger partial charge on any atom is -0.397 e. The van der Waals surface area contributed by atoms with E-state index in [0.717, 1.165) is 42.9 Å². The molecular formula is C18H28N2O. The molecule has 0 aromatic heterocycles. The third-order valence-electron chi connectivity index (χ3n) is 4.79. The molecule has 1 amide bonds. The third-order valence-corrected chi connectivity index (χ3v) is 4.79. The van der Waals surface area contributed by atoms with Crippen molar-refractivity contribution < 1.29 is 4.79 Å². The summed E-state index contributed by atoms with van der Waals surface area (Å²) < 4.78 is 0. The molecule has 3 heteroatoms. The van der Waals surface area contributed by atoms with Gasteiger partial charge in [-0.25, -0.2) is 0 Å². The van der Waals surface area contributed by atoms with Gasteiger partial charge < -0.3 is 11.1 Å². The van der Waals surface area contributed by atoms with E-state index in [4.69, 9.17) is 5.73 Å². The van der Waals surface area contributed by atoms with E-state index in [9.17, 15) is 4.79 Å². The van der Waals surface area contributed by atoms with Gasteiger partial charge >= 0.3 is 0 Å². The fraction of sp³-hybridized carbons (Fsp3) is 0.611. The normalized spacial score (nSPS) is 22.9. The van der Waals surface area contributed by atoms with Gasteiger partial charge in [0.05, 0.1) is 11.4 Å². The van der Waals surface area contributed by atoms with Crippen molar-refractivity contribution >= 4 is 17.3 Å². The number of aryl methyl sites for hydroxylation is 1. The lowest BCUT2D eigenvalue weighted by atomic mass is 9.69. The fourth-order valence-electron chi connectivity index (χ4n) is 3.23. The zero-order chi connectivity index (χ0) is 15.6. The van der Waals surface area contributed by atoms with E-state index in [0.29, 0.717) is 11.1 Å². The van der Waals surface area contributed by atoms with Gasteiger partial charge in [-0.2, -0.15) is 0 Å². The first kappa shape index (κ1) is 15.9. The molecule has 1 aliphatic rings. The van der Waals surface area contributed by atoms with Crippen LogP contribution in [0.1, 0.15) is 52.0 Å².